The molecule has 15 heteroatoms. The molecule has 4 N–H and O–H groups in total. The Hall–Kier alpha value is -2.78. The topological polar surface area (TPSA) is 183 Å². The minimum absolute atomic E-state index is 0.00197. The second-order valence-electron chi connectivity index (χ2n) is 16.0. The number of rotatable bonds is 9. The third-order valence-corrected chi connectivity index (χ3v) is 12.7. The maximum atomic E-state index is 14.3. The monoisotopic (exact) mass is 710 g/mol. The van der Waals surface area contributed by atoms with Gasteiger partial charge >= 0.3 is 6.03 Å². The summed E-state index contributed by atoms with van der Waals surface area (Å²) in [6.07, 6.45) is 5.95. The highest BCUT2D eigenvalue weighted by molar-refractivity contribution is 7.89. The molecular weight excluding hydrogens is 652 g/mol. The van der Waals surface area contributed by atoms with Crippen LogP contribution in [0.1, 0.15) is 92.9 Å². The summed E-state index contributed by atoms with van der Waals surface area (Å²) in [6, 6.07) is -4.25. The van der Waals surface area contributed by atoms with Crippen LogP contribution in [-0.4, -0.2) is 116 Å². The number of fused-ring (bicyclic) bond motifs is 3. The van der Waals surface area contributed by atoms with Gasteiger partial charge in [-0.15, -0.1) is 0 Å². The minimum atomic E-state index is -3.50. The van der Waals surface area contributed by atoms with Crippen LogP contribution in [0.2, 0.25) is 0 Å². The molecule has 2 aliphatic carbocycles. The summed E-state index contributed by atoms with van der Waals surface area (Å²) in [5, 5.41) is 11.3. The predicted octanol–water partition coefficient (Wildman–Crippen LogP) is 1.54. The van der Waals surface area contributed by atoms with Gasteiger partial charge in [-0.3, -0.25) is 19.2 Å². The highest BCUT2D eigenvalue weighted by Gasteiger charge is 2.69. The molecule has 4 rings (SSSR count). The first kappa shape index (κ1) is 39.0. The summed E-state index contributed by atoms with van der Waals surface area (Å²) in [5.74, 6) is -2.48. The fourth-order valence-corrected chi connectivity index (χ4v) is 7.94. The second kappa shape index (κ2) is 15.6. The van der Waals surface area contributed by atoms with Crippen molar-refractivity contribution in [2.75, 3.05) is 39.1 Å². The molecular formula is C34H58N6O8S. The summed E-state index contributed by atoms with van der Waals surface area (Å²) < 4.78 is 32.1. The number of carbonyl (C=O) groups excluding carboxylic acids is 5. The normalized spacial score (nSPS) is 28.9. The average molecular weight is 711 g/mol. The molecule has 5 amide bonds. The number of hydrogen-bond acceptors (Lipinski definition) is 8. The van der Waals surface area contributed by atoms with E-state index in [-0.39, 0.29) is 42.2 Å². The molecule has 0 spiro atoms. The van der Waals surface area contributed by atoms with E-state index in [0.717, 1.165) is 38.5 Å². The van der Waals surface area contributed by atoms with Gasteiger partial charge in [0.05, 0.1) is 18.4 Å². The number of hydrogen-bond donors (Lipinski definition) is 4. The highest BCUT2D eigenvalue weighted by atomic mass is 32.2. The number of piperidine rings is 1. The van der Waals surface area contributed by atoms with Gasteiger partial charge in [0, 0.05) is 38.8 Å². The van der Waals surface area contributed by atoms with Crippen LogP contribution in [0.4, 0.5) is 4.79 Å². The Morgan fingerprint density at radius 2 is 1.69 bits per heavy atom. The Labute approximate surface area is 291 Å². The third kappa shape index (κ3) is 9.72. The molecule has 14 nitrogen and oxygen atoms in total. The molecule has 2 saturated carbocycles. The van der Waals surface area contributed by atoms with Gasteiger partial charge < -0.3 is 30.9 Å². The predicted molar refractivity (Wildman–Crippen MR) is 184 cm³/mol. The first-order valence-corrected chi connectivity index (χ1v) is 19.5. The Morgan fingerprint density at radius 1 is 1.04 bits per heavy atom. The van der Waals surface area contributed by atoms with Gasteiger partial charge in [-0.05, 0) is 55.3 Å². The first-order valence-electron chi connectivity index (χ1n) is 17.9. The average Bonchev–Trinajstić information content (AvgIpc) is 3.87. The molecule has 0 aromatic carbocycles. The van der Waals surface area contributed by atoms with E-state index < -0.39 is 69.1 Å². The molecule has 0 aromatic heterocycles. The van der Waals surface area contributed by atoms with Crippen molar-refractivity contribution >= 4 is 39.6 Å². The molecule has 278 valence electrons. The van der Waals surface area contributed by atoms with E-state index in [2.05, 4.69) is 35.1 Å². The summed E-state index contributed by atoms with van der Waals surface area (Å²) in [5.41, 5.74) is -0.728. The molecule has 4 aliphatic rings. The lowest BCUT2D eigenvalue weighted by Crippen LogP contribution is -2.61. The van der Waals surface area contributed by atoms with Crippen molar-refractivity contribution in [3.8, 4) is 0 Å². The molecule has 2 heterocycles. The van der Waals surface area contributed by atoms with Crippen LogP contribution in [0.15, 0.2) is 0 Å². The molecule has 4 fully saturated rings. The Morgan fingerprint density at radius 3 is 2.33 bits per heavy atom. The maximum absolute atomic E-state index is 14.3. The van der Waals surface area contributed by atoms with E-state index >= 15 is 0 Å². The number of amides is 5. The van der Waals surface area contributed by atoms with Crippen molar-refractivity contribution in [2.24, 2.45) is 22.7 Å². The zero-order valence-electron chi connectivity index (χ0n) is 30.3. The SMILES string of the molecule is CCS(=O)(=O)N(C)C[C@@H](NC(=O)N[C@H]1COCCCCCCC[C@@H](C(=O)C(=O)NC2CC2)NC(=O)[C@@H]2[C@@H]3[C@H](CN2C1=O)C3(C)C)C(C)(C)C. The number of sulfonamides is 1. The number of nitrogens with zero attached hydrogens (tertiary/aromatic N) is 2. The number of urea groups is 1. The van der Waals surface area contributed by atoms with Crippen molar-refractivity contribution in [1.82, 2.24) is 30.5 Å². The van der Waals surface area contributed by atoms with Crippen molar-refractivity contribution in [3.63, 3.8) is 0 Å². The van der Waals surface area contributed by atoms with E-state index in [1.165, 1.54) is 16.3 Å². The summed E-state index contributed by atoms with van der Waals surface area (Å²) >= 11 is 0. The number of ether oxygens (including phenoxy) is 1. The lowest BCUT2D eigenvalue weighted by atomic mass is 9.87. The molecule has 0 aromatic rings. The molecule has 6 atom stereocenters. The lowest BCUT2D eigenvalue weighted by Gasteiger charge is -2.36. The zero-order chi connectivity index (χ0) is 36.3. The smallest absolute Gasteiger partial charge is 0.315 e. The molecule has 49 heavy (non-hydrogen) atoms. The first-order chi connectivity index (χ1) is 22.9. The number of nitrogens with one attached hydrogen (secondary N) is 4. The standard InChI is InChI=1S/C34H58N6O8S/c1-8-49(46,47)39(7)19-25(33(2,3)4)38-32(45)37-24-20-48-17-13-11-9-10-12-14-23(28(41)30(43)35-21-15-16-21)36-29(42)27-26-22(34(26,5)6)18-40(27)31(24)44/h21-27H,8-20H2,1-7H3,(H,35,43)(H,36,42)(H2,37,38,45)/t22-,23-,24-,25+,26-,27-/m0/s1. The van der Waals surface area contributed by atoms with Crippen molar-refractivity contribution < 1.29 is 37.1 Å². The van der Waals surface area contributed by atoms with Crippen LogP contribution >= 0.6 is 0 Å². The largest absolute Gasteiger partial charge is 0.379 e. The molecule has 0 unspecified atom stereocenters. The van der Waals surface area contributed by atoms with Crippen LogP contribution in [0.5, 0.6) is 0 Å². The maximum Gasteiger partial charge on any atom is 0.315 e. The van der Waals surface area contributed by atoms with E-state index in [0.29, 0.717) is 26.0 Å². The Kier molecular flexibility index (Phi) is 12.4. The third-order valence-electron chi connectivity index (χ3n) is 10.8. The van der Waals surface area contributed by atoms with Crippen LogP contribution < -0.4 is 21.3 Å². The van der Waals surface area contributed by atoms with Crippen molar-refractivity contribution in [2.45, 2.75) is 123 Å². The fourth-order valence-electron chi connectivity index (χ4n) is 7.13. The number of likely N-dealkylation sites (N-methyl/N-ethyl adjacent to an activating group) is 1. The summed E-state index contributed by atoms with van der Waals surface area (Å²) in [6.45, 7) is 11.9. The van der Waals surface area contributed by atoms with Crippen LogP contribution in [-0.2, 0) is 33.9 Å². The van der Waals surface area contributed by atoms with Crippen LogP contribution in [0.3, 0.4) is 0 Å². The molecule has 0 bridgehead atoms. The van der Waals surface area contributed by atoms with E-state index in [1.807, 2.05) is 20.8 Å². The van der Waals surface area contributed by atoms with Gasteiger partial charge in [-0.1, -0.05) is 60.3 Å². The second-order valence-corrected chi connectivity index (χ2v) is 18.3. The summed E-state index contributed by atoms with van der Waals surface area (Å²) in [7, 11) is -2.03. The van der Waals surface area contributed by atoms with Crippen molar-refractivity contribution in [3.05, 3.63) is 0 Å². The van der Waals surface area contributed by atoms with Gasteiger partial charge in [0.1, 0.15) is 12.1 Å². The number of ketones is 1. The molecule has 0 radical (unpaired) electrons. The summed E-state index contributed by atoms with van der Waals surface area (Å²) in [4.78, 5) is 69.3. The number of carbonyl (C=O) groups is 5. The zero-order valence-corrected chi connectivity index (χ0v) is 31.1. The Balaban J connectivity index is 1.55. The van der Waals surface area contributed by atoms with Crippen LogP contribution in [0, 0.1) is 22.7 Å². The van der Waals surface area contributed by atoms with Gasteiger partial charge in [-0.2, -0.15) is 0 Å². The fraction of sp³-hybridized carbons (Fsp3) is 0.853. The van der Waals surface area contributed by atoms with E-state index in [9.17, 15) is 32.4 Å². The van der Waals surface area contributed by atoms with Crippen LogP contribution in [0.25, 0.3) is 0 Å². The molecule has 2 saturated heterocycles. The van der Waals surface area contributed by atoms with Gasteiger partial charge in [0.25, 0.3) is 5.91 Å². The highest BCUT2D eigenvalue weighted by Crippen LogP contribution is 2.64. The lowest BCUT2D eigenvalue weighted by molar-refractivity contribution is -0.144. The quantitative estimate of drug-likeness (QED) is 0.260. The Bertz CT molecular complexity index is 1360. The van der Waals surface area contributed by atoms with Gasteiger partial charge in [-0.25, -0.2) is 17.5 Å². The van der Waals surface area contributed by atoms with Crippen molar-refractivity contribution in [1.29, 1.82) is 0 Å². The van der Waals surface area contributed by atoms with Gasteiger partial charge in [0.15, 0.2) is 0 Å². The van der Waals surface area contributed by atoms with E-state index in [4.69, 9.17) is 4.74 Å². The van der Waals surface area contributed by atoms with Gasteiger partial charge in [0.2, 0.25) is 27.6 Å². The molecule has 2 aliphatic heterocycles. The minimum Gasteiger partial charge on any atom is -0.379 e. The number of Topliss-reactive ketones (excluding diaryl/α,β-unsaturated/α-hetero) is 1. The van der Waals surface area contributed by atoms with E-state index in [1.54, 1.807) is 6.92 Å².